The molecule has 0 aliphatic carbocycles. The lowest BCUT2D eigenvalue weighted by molar-refractivity contribution is 0.340. The summed E-state index contributed by atoms with van der Waals surface area (Å²) in [4.78, 5) is 0. The molecule has 2 aromatic rings. The fourth-order valence-corrected chi connectivity index (χ4v) is 2.68. The molecule has 0 aliphatic rings. The summed E-state index contributed by atoms with van der Waals surface area (Å²) in [5.74, 6) is 0.968. The predicted octanol–water partition coefficient (Wildman–Crippen LogP) is 4.68. The Bertz CT molecular complexity index is 584. The number of benzene rings is 2. The molecule has 0 heterocycles. The van der Waals surface area contributed by atoms with Crippen LogP contribution in [0.4, 0.5) is 0 Å². The molecule has 1 atom stereocenters. The van der Waals surface area contributed by atoms with E-state index < -0.39 is 0 Å². The zero-order chi connectivity index (χ0) is 15.2. The van der Waals surface area contributed by atoms with Gasteiger partial charge in [0.15, 0.2) is 0 Å². The van der Waals surface area contributed by atoms with E-state index in [4.69, 9.17) is 33.7 Å². The molecular formula is C17H19Cl2NO. The maximum atomic E-state index is 6.23. The molecule has 2 nitrogen and oxygen atoms in total. The summed E-state index contributed by atoms with van der Waals surface area (Å²) in [6.45, 7) is 3.12. The standard InChI is InChI=1S/C17H19Cl2NO/c1-2-21-17-8-3-12(10-16(17)19)9-14(11-20)13-4-6-15(18)7-5-13/h3-8,10,14H,2,9,11,20H2,1H3. The molecule has 0 bridgehead atoms. The molecule has 2 rings (SSSR count). The molecule has 0 spiro atoms. The first-order chi connectivity index (χ1) is 10.1. The summed E-state index contributed by atoms with van der Waals surface area (Å²) in [6.07, 6.45) is 0.838. The van der Waals surface area contributed by atoms with Gasteiger partial charge in [-0.25, -0.2) is 0 Å². The van der Waals surface area contributed by atoms with E-state index in [1.54, 1.807) is 0 Å². The Morgan fingerprint density at radius 1 is 1.10 bits per heavy atom. The monoisotopic (exact) mass is 323 g/mol. The van der Waals surface area contributed by atoms with Crippen molar-refractivity contribution >= 4 is 23.2 Å². The number of hydrogen-bond acceptors (Lipinski definition) is 2. The van der Waals surface area contributed by atoms with Gasteiger partial charge in [-0.2, -0.15) is 0 Å². The van der Waals surface area contributed by atoms with Crippen LogP contribution >= 0.6 is 23.2 Å². The molecule has 0 aromatic heterocycles. The maximum absolute atomic E-state index is 6.23. The van der Waals surface area contributed by atoms with Crippen molar-refractivity contribution in [1.82, 2.24) is 0 Å². The Labute approximate surface area is 135 Å². The van der Waals surface area contributed by atoms with Crippen molar-refractivity contribution in [2.75, 3.05) is 13.2 Å². The van der Waals surface area contributed by atoms with Crippen LogP contribution in [0.3, 0.4) is 0 Å². The third-order valence-corrected chi connectivity index (χ3v) is 3.95. The van der Waals surface area contributed by atoms with E-state index in [1.807, 2.05) is 49.4 Å². The molecule has 0 saturated carbocycles. The van der Waals surface area contributed by atoms with Gasteiger partial charge >= 0.3 is 0 Å². The van der Waals surface area contributed by atoms with Crippen LogP contribution in [0.2, 0.25) is 10.0 Å². The molecule has 2 N–H and O–H groups in total. The van der Waals surface area contributed by atoms with E-state index in [1.165, 1.54) is 5.56 Å². The Hall–Kier alpha value is -1.22. The van der Waals surface area contributed by atoms with Crippen LogP contribution in [-0.4, -0.2) is 13.2 Å². The molecule has 0 saturated heterocycles. The zero-order valence-corrected chi connectivity index (χ0v) is 13.5. The van der Waals surface area contributed by atoms with Gasteiger partial charge < -0.3 is 10.5 Å². The van der Waals surface area contributed by atoms with Gasteiger partial charge in [0.05, 0.1) is 11.6 Å². The van der Waals surface area contributed by atoms with Crippen LogP contribution < -0.4 is 10.5 Å². The van der Waals surface area contributed by atoms with Crippen molar-refractivity contribution in [3.8, 4) is 5.75 Å². The molecule has 4 heteroatoms. The van der Waals surface area contributed by atoms with Crippen LogP contribution in [-0.2, 0) is 6.42 Å². The highest BCUT2D eigenvalue weighted by atomic mass is 35.5. The van der Waals surface area contributed by atoms with Crippen molar-refractivity contribution in [2.24, 2.45) is 5.73 Å². The fourth-order valence-electron chi connectivity index (χ4n) is 2.30. The third-order valence-electron chi connectivity index (χ3n) is 3.40. The van der Waals surface area contributed by atoms with Crippen molar-refractivity contribution in [3.05, 3.63) is 63.6 Å². The lowest BCUT2D eigenvalue weighted by Gasteiger charge is -2.16. The topological polar surface area (TPSA) is 35.2 Å². The second kappa shape index (κ2) is 7.69. The molecule has 21 heavy (non-hydrogen) atoms. The van der Waals surface area contributed by atoms with E-state index >= 15 is 0 Å². The summed E-state index contributed by atoms with van der Waals surface area (Å²) in [7, 11) is 0. The molecule has 1 unspecified atom stereocenters. The third kappa shape index (κ3) is 4.37. The Balaban J connectivity index is 2.15. The minimum Gasteiger partial charge on any atom is -0.492 e. The van der Waals surface area contributed by atoms with Gasteiger partial charge in [0.2, 0.25) is 0 Å². The van der Waals surface area contributed by atoms with E-state index in [2.05, 4.69) is 0 Å². The largest absolute Gasteiger partial charge is 0.492 e. The minimum atomic E-state index is 0.247. The van der Waals surface area contributed by atoms with Gasteiger partial charge in [0.1, 0.15) is 5.75 Å². The lowest BCUT2D eigenvalue weighted by atomic mass is 9.92. The highest BCUT2D eigenvalue weighted by Crippen LogP contribution is 2.28. The molecule has 0 fully saturated rings. The lowest BCUT2D eigenvalue weighted by Crippen LogP contribution is -2.15. The van der Waals surface area contributed by atoms with E-state index in [0.717, 1.165) is 22.8 Å². The van der Waals surface area contributed by atoms with E-state index in [-0.39, 0.29) is 5.92 Å². The maximum Gasteiger partial charge on any atom is 0.137 e. The molecular weight excluding hydrogens is 305 g/mol. The van der Waals surface area contributed by atoms with Crippen LogP contribution in [0.15, 0.2) is 42.5 Å². The second-order valence-electron chi connectivity index (χ2n) is 4.89. The Kier molecular flexibility index (Phi) is 5.92. The summed E-state index contributed by atoms with van der Waals surface area (Å²) < 4.78 is 5.45. The summed E-state index contributed by atoms with van der Waals surface area (Å²) in [5, 5.41) is 1.37. The number of rotatable bonds is 6. The summed E-state index contributed by atoms with van der Waals surface area (Å²) in [5.41, 5.74) is 8.25. The van der Waals surface area contributed by atoms with E-state index in [9.17, 15) is 0 Å². The van der Waals surface area contributed by atoms with Gasteiger partial charge in [-0.05, 0) is 55.3 Å². The van der Waals surface area contributed by atoms with Crippen molar-refractivity contribution < 1.29 is 4.74 Å². The first-order valence-electron chi connectivity index (χ1n) is 7.00. The Morgan fingerprint density at radius 3 is 2.38 bits per heavy atom. The van der Waals surface area contributed by atoms with Gasteiger partial charge in [-0.1, -0.05) is 41.4 Å². The van der Waals surface area contributed by atoms with Crippen molar-refractivity contribution in [3.63, 3.8) is 0 Å². The van der Waals surface area contributed by atoms with Crippen LogP contribution in [0.25, 0.3) is 0 Å². The molecule has 112 valence electrons. The van der Waals surface area contributed by atoms with Crippen molar-refractivity contribution in [1.29, 1.82) is 0 Å². The Morgan fingerprint density at radius 2 is 1.81 bits per heavy atom. The van der Waals surface area contributed by atoms with Crippen LogP contribution in [0.1, 0.15) is 24.0 Å². The minimum absolute atomic E-state index is 0.247. The molecule has 0 radical (unpaired) electrons. The fraction of sp³-hybridized carbons (Fsp3) is 0.294. The number of ether oxygens (including phenoxy) is 1. The van der Waals surface area contributed by atoms with E-state index in [0.29, 0.717) is 18.2 Å². The molecule has 2 aromatic carbocycles. The summed E-state index contributed by atoms with van der Waals surface area (Å²) >= 11 is 12.2. The van der Waals surface area contributed by atoms with Gasteiger partial charge in [-0.15, -0.1) is 0 Å². The van der Waals surface area contributed by atoms with Gasteiger partial charge in [0.25, 0.3) is 0 Å². The number of nitrogens with two attached hydrogens (primary N) is 1. The normalized spacial score (nSPS) is 12.2. The van der Waals surface area contributed by atoms with Crippen molar-refractivity contribution in [2.45, 2.75) is 19.3 Å². The second-order valence-corrected chi connectivity index (χ2v) is 5.73. The van der Waals surface area contributed by atoms with Crippen LogP contribution in [0.5, 0.6) is 5.75 Å². The predicted molar refractivity (Wildman–Crippen MR) is 89.6 cm³/mol. The first kappa shape index (κ1) is 16.2. The quantitative estimate of drug-likeness (QED) is 0.837. The number of halogens is 2. The first-order valence-corrected chi connectivity index (χ1v) is 7.76. The average molecular weight is 324 g/mol. The van der Waals surface area contributed by atoms with Gasteiger partial charge in [-0.3, -0.25) is 0 Å². The van der Waals surface area contributed by atoms with Crippen LogP contribution in [0, 0.1) is 0 Å². The molecule has 0 amide bonds. The number of hydrogen-bond donors (Lipinski definition) is 1. The molecule has 0 aliphatic heterocycles. The zero-order valence-electron chi connectivity index (χ0n) is 12.0. The highest BCUT2D eigenvalue weighted by molar-refractivity contribution is 6.32. The SMILES string of the molecule is CCOc1ccc(CC(CN)c2ccc(Cl)cc2)cc1Cl. The average Bonchev–Trinajstić information content (AvgIpc) is 2.48. The van der Waals surface area contributed by atoms with Gasteiger partial charge in [0, 0.05) is 10.9 Å². The highest BCUT2D eigenvalue weighted by Gasteiger charge is 2.12. The summed E-state index contributed by atoms with van der Waals surface area (Å²) in [6, 6.07) is 13.7. The smallest absolute Gasteiger partial charge is 0.137 e.